The zero-order valence-electron chi connectivity index (χ0n) is 12.5. The number of rotatable bonds is 2. The van der Waals surface area contributed by atoms with E-state index in [0.717, 1.165) is 6.42 Å². The van der Waals surface area contributed by atoms with Gasteiger partial charge in [-0.3, -0.25) is 9.71 Å². The second kappa shape index (κ2) is 5.44. The van der Waals surface area contributed by atoms with E-state index in [1.165, 1.54) is 19.3 Å². The number of nitrogens with one attached hydrogen (secondary N) is 1. The van der Waals surface area contributed by atoms with Crippen LogP contribution in [-0.4, -0.2) is 20.3 Å². The maximum Gasteiger partial charge on any atom is 0.263 e. The van der Waals surface area contributed by atoms with Crippen molar-refractivity contribution in [3.63, 3.8) is 0 Å². The van der Waals surface area contributed by atoms with Crippen molar-refractivity contribution in [2.75, 3.05) is 0 Å². The Morgan fingerprint density at radius 1 is 1.19 bits per heavy atom. The van der Waals surface area contributed by atoms with Crippen LogP contribution in [0.5, 0.6) is 0 Å². The average molecular weight is 306 g/mol. The number of benzene rings is 1. The fraction of sp³-hybridized carbons (Fsp3) is 0.562. The quantitative estimate of drug-likeness (QED) is 0.913. The molecule has 1 aromatic rings. The highest BCUT2D eigenvalue weighted by atomic mass is 32.2. The summed E-state index contributed by atoms with van der Waals surface area (Å²) in [5.74, 6) is 1.65. The molecule has 114 valence electrons. The van der Waals surface area contributed by atoms with Gasteiger partial charge in [-0.2, -0.15) is 0 Å². The summed E-state index contributed by atoms with van der Waals surface area (Å²) in [5, 5.41) is 0. The topological polar surface area (TPSA) is 58.5 Å². The maximum absolute atomic E-state index is 12.1. The third-order valence-electron chi connectivity index (χ3n) is 4.60. The molecule has 1 N–H and O–H groups in total. The molecule has 1 fully saturated rings. The minimum atomic E-state index is -3.42. The van der Waals surface area contributed by atoms with Crippen LogP contribution in [0.15, 0.2) is 34.2 Å². The Balaban J connectivity index is 1.97. The van der Waals surface area contributed by atoms with Crippen LogP contribution in [0.3, 0.4) is 0 Å². The number of amidine groups is 1. The zero-order valence-corrected chi connectivity index (χ0v) is 13.4. The zero-order chi connectivity index (χ0) is 15.0. The van der Waals surface area contributed by atoms with Gasteiger partial charge in [0, 0.05) is 5.56 Å². The molecular formula is C16H22N2O2S. The summed E-state index contributed by atoms with van der Waals surface area (Å²) in [5.41, 5.74) is 0.713. The van der Waals surface area contributed by atoms with E-state index in [1.54, 1.807) is 12.1 Å². The molecule has 2 aliphatic rings. The SMILES string of the molecule is CC(C)C1CCCCC1N=C1NS(=O)(=O)c2ccccc21. The van der Waals surface area contributed by atoms with E-state index in [1.807, 2.05) is 12.1 Å². The standard InChI is InChI=1S/C16H22N2O2S/c1-11(2)12-7-3-5-9-14(12)17-16-13-8-4-6-10-15(13)21(19,20)18-16/h4,6,8,10-12,14H,3,5,7,9H2,1-2H3,(H,17,18). The molecule has 1 heterocycles. The first kappa shape index (κ1) is 14.6. The lowest BCUT2D eigenvalue weighted by Gasteiger charge is -2.32. The van der Waals surface area contributed by atoms with Crippen LogP contribution in [0.2, 0.25) is 0 Å². The summed E-state index contributed by atoms with van der Waals surface area (Å²) in [6.45, 7) is 4.46. The van der Waals surface area contributed by atoms with Crippen LogP contribution in [-0.2, 0) is 10.0 Å². The van der Waals surface area contributed by atoms with E-state index < -0.39 is 10.0 Å². The second-order valence-electron chi connectivity index (χ2n) is 6.34. The van der Waals surface area contributed by atoms with Crippen molar-refractivity contribution in [3.8, 4) is 0 Å². The van der Waals surface area contributed by atoms with Gasteiger partial charge >= 0.3 is 0 Å². The molecule has 21 heavy (non-hydrogen) atoms. The van der Waals surface area contributed by atoms with Gasteiger partial charge < -0.3 is 0 Å². The Bertz CT molecular complexity index is 665. The minimum absolute atomic E-state index is 0.225. The van der Waals surface area contributed by atoms with Crippen molar-refractivity contribution in [2.24, 2.45) is 16.8 Å². The average Bonchev–Trinajstić information content (AvgIpc) is 2.71. The summed E-state index contributed by atoms with van der Waals surface area (Å²) in [6, 6.07) is 7.30. The molecule has 1 aliphatic heterocycles. The Morgan fingerprint density at radius 2 is 1.90 bits per heavy atom. The van der Waals surface area contributed by atoms with Crippen LogP contribution in [0, 0.1) is 11.8 Å². The molecule has 3 rings (SSSR count). The van der Waals surface area contributed by atoms with Gasteiger partial charge in [0.2, 0.25) is 0 Å². The van der Waals surface area contributed by atoms with E-state index >= 15 is 0 Å². The smallest absolute Gasteiger partial charge is 0.263 e. The number of hydrogen-bond donors (Lipinski definition) is 1. The molecule has 4 nitrogen and oxygen atoms in total. The highest BCUT2D eigenvalue weighted by Gasteiger charge is 2.33. The Morgan fingerprint density at radius 3 is 2.67 bits per heavy atom. The highest BCUT2D eigenvalue weighted by Crippen LogP contribution is 2.33. The van der Waals surface area contributed by atoms with Gasteiger partial charge in [-0.05, 0) is 36.8 Å². The largest absolute Gasteiger partial charge is 0.264 e. The molecule has 0 spiro atoms. The van der Waals surface area contributed by atoms with E-state index in [-0.39, 0.29) is 6.04 Å². The van der Waals surface area contributed by atoms with Crippen molar-refractivity contribution in [3.05, 3.63) is 29.8 Å². The van der Waals surface area contributed by atoms with Gasteiger partial charge in [0.1, 0.15) is 5.84 Å². The lowest BCUT2D eigenvalue weighted by Crippen LogP contribution is -2.31. The minimum Gasteiger partial charge on any atom is -0.264 e. The summed E-state index contributed by atoms with van der Waals surface area (Å²) < 4.78 is 26.9. The monoisotopic (exact) mass is 306 g/mol. The van der Waals surface area contributed by atoms with E-state index in [2.05, 4.69) is 18.6 Å². The number of nitrogens with zero attached hydrogens (tertiary/aromatic N) is 1. The first-order valence-corrected chi connectivity index (χ1v) is 9.17. The number of fused-ring (bicyclic) bond motifs is 1. The van der Waals surface area contributed by atoms with Crippen molar-refractivity contribution < 1.29 is 8.42 Å². The lowest BCUT2D eigenvalue weighted by molar-refractivity contribution is 0.241. The first-order chi connectivity index (χ1) is 9.99. The summed E-state index contributed by atoms with van der Waals surface area (Å²) in [6.07, 6.45) is 4.68. The molecule has 5 heteroatoms. The van der Waals surface area contributed by atoms with Crippen molar-refractivity contribution in [2.45, 2.75) is 50.5 Å². The fourth-order valence-electron chi connectivity index (χ4n) is 3.47. The van der Waals surface area contributed by atoms with E-state index in [0.29, 0.717) is 28.1 Å². The summed E-state index contributed by atoms with van der Waals surface area (Å²) in [7, 11) is -3.42. The van der Waals surface area contributed by atoms with Gasteiger partial charge in [-0.25, -0.2) is 8.42 Å². The molecule has 2 atom stereocenters. The second-order valence-corrected chi connectivity index (χ2v) is 7.99. The first-order valence-electron chi connectivity index (χ1n) is 7.69. The predicted octanol–water partition coefficient (Wildman–Crippen LogP) is 2.94. The predicted molar refractivity (Wildman–Crippen MR) is 83.9 cm³/mol. The molecule has 0 radical (unpaired) electrons. The van der Waals surface area contributed by atoms with Crippen molar-refractivity contribution in [1.29, 1.82) is 0 Å². The highest BCUT2D eigenvalue weighted by molar-refractivity contribution is 7.90. The Hall–Kier alpha value is -1.36. The third-order valence-corrected chi connectivity index (χ3v) is 5.99. The van der Waals surface area contributed by atoms with Gasteiger partial charge in [-0.15, -0.1) is 0 Å². The normalized spacial score (nSPS) is 29.4. The molecular weight excluding hydrogens is 284 g/mol. The Labute approximate surface area is 126 Å². The summed E-state index contributed by atoms with van der Waals surface area (Å²) >= 11 is 0. The van der Waals surface area contributed by atoms with Crippen LogP contribution in [0.1, 0.15) is 45.1 Å². The lowest BCUT2D eigenvalue weighted by atomic mass is 9.78. The molecule has 0 bridgehead atoms. The van der Waals surface area contributed by atoms with E-state index in [4.69, 9.17) is 4.99 Å². The maximum atomic E-state index is 12.1. The molecule has 1 saturated carbocycles. The van der Waals surface area contributed by atoms with Gasteiger partial charge in [-0.1, -0.05) is 38.8 Å². The van der Waals surface area contributed by atoms with Crippen LogP contribution < -0.4 is 4.72 Å². The van der Waals surface area contributed by atoms with Gasteiger partial charge in [0.05, 0.1) is 10.9 Å². The summed E-state index contributed by atoms with van der Waals surface area (Å²) in [4.78, 5) is 5.15. The molecule has 2 unspecified atom stereocenters. The van der Waals surface area contributed by atoms with Crippen LogP contribution >= 0.6 is 0 Å². The third kappa shape index (κ3) is 2.71. The molecule has 0 aromatic heterocycles. The molecule has 0 saturated heterocycles. The Kier molecular flexibility index (Phi) is 3.78. The fourth-order valence-corrected chi connectivity index (χ4v) is 4.71. The van der Waals surface area contributed by atoms with Gasteiger partial charge in [0.25, 0.3) is 10.0 Å². The number of sulfonamides is 1. The van der Waals surface area contributed by atoms with E-state index in [9.17, 15) is 8.42 Å². The van der Waals surface area contributed by atoms with Crippen LogP contribution in [0.4, 0.5) is 0 Å². The molecule has 1 aromatic carbocycles. The van der Waals surface area contributed by atoms with Crippen LogP contribution in [0.25, 0.3) is 0 Å². The number of aliphatic imine (C=N–C) groups is 1. The van der Waals surface area contributed by atoms with Gasteiger partial charge in [0.15, 0.2) is 0 Å². The van der Waals surface area contributed by atoms with Crippen molar-refractivity contribution in [1.82, 2.24) is 4.72 Å². The molecule has 1 aliphatic carbocycles. The van der Waals surface area contributed by atoms with Crippen molar-refractivity contribution >= 4 is 15.9 Å². The number of hydrogen-bond acceptors (Lipinski definition) is 3. The molecule has 0 amide bonds.